The molecule has 0 aromatic carbocycles. The van der Waals surface area contributed by atoms with Crippen LogP contribution < -0.4 is 5.32 Å². The molecule has 0 spiro atoms. The van der Waals surface area contributed by atoms with Gasteiger partial charge < -0.3 is 15.3 Å². The largest absolute Gasteiger partial charge is 0.396 e. The monoisotopic (exact) mass is 284 g/mol. The van der Waals surface area contributed by atoms with Gasteiger partial charge >= 0.3 is 0 Å². The van der Waals surface area contributed by atoms with Gasteiger partial charge in [-0.1, -0.05) is 13.8 Å². The first-order valence-electron chi connectivity index (χ1n) is 8.55. The Hall–Kier alpha value is -0.120. The summed E-state index contributed by atoms with van der Waals surface area (Å²) in [5, 5.41) is 12.4. The SMILES string of the molecule is CNC1CCC(C(C)C)CC1CN(C)CCCCCO. The normalized spacial score (nSPS) is 27.4. The summed E-state index contributed by atoms with van der Waals surface area (Å²) in [6.07, 6.45) is 7.41. The number of nitrogens with zero attached hydrogens (tertiary/aromatic N) is 1. The van der Waals surface area contributed by atoms with E-state index in [4.69, 9.17) is 5.11 Å². The van der Waals surface area contributed by atoms with Gasteiger partial charge in [0.25, 0.3) is 0 Å². The molecule has 3 unspecified atom stereocenters. The van der Waals surface area contributed by atoms with Gasteiger partial charge in [-0.15, -0.1) is 0 Å². The number of aliphatic hydroxyl groups excluding tert-OH is 1. The summed E-state index contributed by atoms with van der Waals surface area (Å²) in [6.45, 7) is 7.47. The van der Waals surface area contributed by atoms with Crippen LogP contribution in [0.5, 0.6) is 0 Å². The highest BCUT2D eigenvalue weighted by Crippen LogP contribution is 2.34. The summed E-state index contributed by atoms with van der Waals surface area (Å²) in [5.41, 5.74) is 0. The van der Waals surface area contributed by atoms with E-state index in [0.717, 1.165) is 30.6 Å². The Kier molecular flexibility index (Phi) is 8.74. The highest BCUT2D eigenvalue weighted by atomic mass is 16.2. The third kappa shape index (κ3) is 6.11. The third-order valence-electron chi connectivity index (χ3n) is 5.08. The van der Waals surface area contributed by atoms with Crippen LogP contribution in [0.3, 0.4) is 0 Å². The van der Waals surface area contributed by atoms with Gasteiger partial charge in [-0.2, -0.15) is 0 Å². The molecule has 1 rings (SSSR count). The predicted octanol–water partition coefficient (Wildman–Crippen LogP) is 2.74. The molecule has 0 heterocycles. The zero-order valence-corrected chi connectivity index (χ0v) is 14.1. The molecular weight excluding hydrogens is 248 g/mol. The summed E-state index contributed by atoms with van der Waals surface area (Å²) < 4.78 is 0. The lowest BCUT2D eigenvalue weighted by Gasteiger charge is -2.39. The highest BCUT2D eigenvalue weighted by molar-refractivity contribution is 4.86. The lowest BCUT2D eigenvalue weighted by Crippen LogP contribution is -2.44. The fourth-order valence-electron chi connectivity index (χ4n) is 3.65. The Morgan fingerprint density at radius 1 is 1.20 bits per heavy atom. The van der Waals surface area contributed by atoms with E-state index in [1.54, 1.807) is 0 Å². The maximum absolute atomic E-state index is 8.82. The molecule has 3 nitrogen and oxygen atoms in total. The number of hydrogen-bond acceptors (Lipinski definition) is 3. The number of rotatable bonds is 9. The van der Waals surface area contributed by atoms with Crippen LogP contribution >= 0.6 is 0 Å². The van der Waals surface area contributed by atoms with Gasteiger partial charge in [0, 0.05) is 19.2 Å². The molecule has 3 atom stereocenters. The van der Waals surface area contributed by atoms with Crippen LogP contribution in [0.15, 0.2) is 0 Å². The maximum atomic E-state index is 8.82. The second kappa shape index (κ2) is 9.75. The van der Waals surface area contributed by atoms with Crippen molar-refractivity contribution in [3.8, 4) is 0 Å². The molecule has 0 aromatic rings. The Labute approximate surface area is 126 Å². The average molecular weight is 284 g/mol. The van der Waals surface area contributed by atoms with Crippen molar-refractivity contribution in [2.75, 3.05) is 33.8 Å². The predicted molar refractivity (Wildman–Crippen MR) is 87.0 cm³/mol. The second-order valence-corrected chi connectivity index (χ2v) is 7.02. The molecule has 0 saturated heterocycles. The van der Waals surface area contributed by atoms with E-state index in [1.807, 2.05) is 0 Å². The van der Waals surface area contributed by atoms with Gasteiger partial charge in [-0.05, 0) is 76.9 Å². The smallest absolute Gasteiger partial charge is 0.0431 e. The van der Waals surface area contributed by atoms with Gasteiger partial charge in [0.2, 0.25) is 0 Å². The summed E-state index contributed by atoms with van der Waals surface area (Å²) >= 11 is 0. The van der Waals surface area contributed by atoms with E-state index in [1.165, 1.54) is 38.8 Å². The van der Waals surface area contributed by atoms with E-state index in [9.17, 15) is 0 Å². The fourth-order valence-corrected chi connectivity index (χ4v) is 3.65. The number of unbranched alkanes of at least 4 members (excludes halogenated alkanes) is 2. The molecule has 3 heteroatoms. The first-order chi connectivity index (χ1) is 9.58. The van der Waals surface area contributed by atoms with Gasteiger partial charge in [0.05, 0.1) is 0 Å². The Bertz CT molecular complexity index is 245. The first kappa shape index (κ1) is 17.9. The lowest BCUT2D eigenvalue weighted by atomic mass is 9.73. The summed E-state index contributed by atoms with van der Waals surface area (Å²) in [6, 6.07) is 0.699. The van der Waals surface area contributed by atoms with Crippen molar-refractivity contribution in [1.82, 2.24) is 10.2 Å². The molecule has 0 amide bonds. The molecule has 1 aliphatic carbocycles. The molecule has 0 aliphatic heterocycles. The molecule has 1 fully saturated rings. The molecule has 1 saturated carbocycles. The molecular formula is C17H36N2O. The van der Waals surface area contributed by atoms with Gasteiger partial charge in [-0.3, -0.25) is 0 Å². The summed E-state index contributed by atoms with van der Waals surface area (Å²) in [7, 11) is 4.37. The molecule has 1 aliphatic rings. The van der Waals surface area contributed by atoms with Crippen LogP contribution in [0.4, 0.5) is 0 Å². The Morgan fingerprint density at radius 3 is 2.55 bits per heavy atom. The molecule has 0 aromatic heterocycles. The van der Waals surface area contributed by atoms with E-state index >= 15 is 0 Å². The minimum Gasteiger partial charge on any atom is -0.396 e. The lowest BCUT2D eigenvalue weighted by molar-refractivity contribution is 0.135. The number of hydrogen-bond donors (Lipinski definition) is 2. The molecule has 0 radical (unpaired) electrons. The standard InChI is InChI=1S/C17H36N2O/c1-14(2)15-8-9-17(18-3)16(12-15)13-19(4)10-6-5-7-11-20/h14-18,20H,5-13H2,1-4H3. The van der Waals surface area contributed by atoms with Crippen molar-refractivity contribution in [3.05, 3.63) is 0 Å². The highest BCUT2D eigenvalue weighted by Gasteiger charge is 2.31. The van der Waals surface area contributed by atoms with Crippen LogP contribution in [0.25, 0.3) is 0 Å². The van der Waals surface area contributed by atoms with E-state index in [0.29, 0.717) is 12.6 Å². The molecule has 120 valence electrons. The van der Waals surface area contributed by atoms with Crippen LogP contribution in [-0.4, -0.2) is 49.8 Å². The van der Waals surface area contributed by atoms with Gasteiger partial charge in [-0.25, -0.2) is 0 Å². The average Bonchev–Trinajstić information content (AvgIpc) is 2.43. The third-order valence-corrected chi connectivity index (χ3v) is 5.08. The van der Waals surface area contributed by atoms with Crippen molar-refractivity contribution >= 4 is 0 Å². The van der Waals surface area contributed by atoms with Crippen LogP contribution in [0.1, 0.15) is 52.4 Å². The Balaban J connectivity index is 2.36. The maximum Gasteiger partial charge on any atom is 0.0431 e. The van der Waals surface area contributed by atoms with Crippen molar-refractivity contribution in [2.24, 2.45) is 17.8 Å². The zero-order valence-electron chi connectivity index (χ0n) is 14.1. The van der Waals surface area contributed by atoms with Gasteiger partial charge in [0.1, 0.15) is 0 Å². The van der Waals surface area contributed by atoms with E-state index in [-0.39, 0.29) is 0 Å². The van der Waals surface area contributed by atoms with Crippen LogP contribution in [-0.2, 0) is 0 Å². The van der Waals surface area contributed by atoms with Crippen molar-refractivity contribution < 1.29 is 5.11 Å². The quantitative estimate of drug-likeness (QED) is 0.639. The van der Waals surface area contributed by atoms with Crippen molar-refractivity contribution in [1.29, 1.82) is 0 Å². The summed E-state index contributed by atoms with van der Waals surface area (Å²) in [5.74, 6) is 2.53. The molecule has 20 heavy (non-hydrogen) atoms. The Morgan fingerprint density at radius 2 is 1.95 bits per heavy atom. The van der Waals surface area contributed by atoms with E-state index in [2.05, 4.69) is 38.2 Å². The van der Waals surface area contributed by atoms with Gasteiger partial charge in [0.15, 0.2) is 0 Å². The minimum absolute atomic E-state index is 0.338. The van der Waals surface area contributed by atoms with Crippen molar-refractivity contribution in [3.63, 3.8) is 0 Å². The fraction of sp³-hybridized carbons (Fsp3) is 1.00. The molecule has 0 bridgehead atoms. The van der Waals surface area contributed by atoms with Crippen LogP contribution in [0.2, 0.25) is 0 Å². The zero-order chi connectivity index (χ0) is 15.0. The topological polar surface area (TPSA) is 35.5 Å². The first-order valence-corrected chi connectivity index (χ1v) is 8.55. The molecule has 2 N–H and O–H groups in total. The summed E-state index contributed by atoms with van der Waals surface area (Å²) in [4.78, 5) is 2.50. The number of aliphatic hydroxyl groups is 1. The van der Waals surface area contributed by atoms with Crippen LogP contribution in [0, 0.1) is 17.8 Å². The second-order valence-electron chi connectivity index (χ2n) is 7.02. The minimum atomic E-state index is 0.338. The van der Waals surface area contributed by atoms with E-state index < -0.39 is 0 Å². The number of nitrogens with one attached hydrogen (secondary N) is 1. The van der Waals surface area contributed by atoms with Crippen molar-refractivity contribution in [2.45, 2.75) is 58.4 Å².